The first-order chi connectivity index (χ1) is 14.0. The molecule has 0 N–H and O–H groups in total. The first-order valence-electron chi connectivity index (χ1n) is 9.63. The summed E-state index contributed by atoms with van der Waals surface area (Å²) in [4.78, 5) is 0. The number of alkyl halides is 6. The highest BCUT2D eigenvalue weighted by molar-refractivity contribution is 5.35. The predicted octanol–water partition coefficient (Wildman–Crippen LogP) is 8.12. The molecule has 0 aromatic heterocycles. The van der Waals surface area contributed by atoms with Gasteiger partial charge in [-0.3, -0.25) is 0 Å². The van der Waals surface area contributed by atoms with E-state index in [1.54, 1.807) is 0 Å². The molecule has 31 heavy (non-hydrogen) atoms. The van der Waals surface area contributed by atoms with Gasteiger partial charge < -0.3 is 4.74 Å². The lowest BCUT2D eigenvalue weighted by molar-refractivity contribution is -0.143. The maximum Gasteiger partial charge on any atom is 0.416 e. The van der Waals surface area contributed by atoms with Gasteiger partial charge in [0, 0.05) is 5.41 Å². The van der Waals surface area contributed by atoms with Crippen LogP contribution in [-0.4, -0.2) is 6.61 Å². The van der Waals surface area contributed by atoms with Gasteiger partial charge in [0.1, 0.15) is 0 Å². The predicted molar refractivity (Wildman–Crippen MR) is 109 cm³/mol. The van der Waals surface area contributed by atoms with Crippen molar-refractivity contribution in [1.82, 2.24) is 0 Å². The Bertz CT molecular complexity index is 853. The van der Waals surface area contributed by atoms with Crippen molar-refractivity contribution in [2.24, 2.45) is 0 Å². The number of hydrogen-bond donors (Lipinski definition) is 0. The van der Waals surface area contributed by atoms with Gasteiger partial charge in [-0.1, -0.05) is 49.9 Å². The second kappa shape index (κ2) is 9.47. The first-order valence-corrected chi connectivity index (χ1v) is 9.63. The average Bonchev–Trinajstić information content (AvgIpc) is 2.72. The molecule has 0 bridgehead atoms. The van der Waals surface area contributed by atoms with E-state index in [1.165, 1.54) is 6.92 Å². The third-order valence-electron chi connectivity index (χ3n) is 5.54. The zero-order valence-corrected chi connectivity index (χ0v) is 16.4. The van der Waals surface area contributed by atoms with E-state index in [9.17, 15) is 26.3 Å². The van der Waals surface area contributed by atoms with E-state index in [0.29, 0.717) is 6.42 Å². The van der Waals surface area contributed by atoms with E-state index in [4.69, 9.17) is 4.74 Å². The maximum atomic E-state index is 13.1. The third-order valence-corrected chi connectivity index (χ3v) is 5.54. The molecule has 0 heterocycles. The highest BCUT2D eigenvalue weighted by atomic mass is 19.4. The molecule has 0 amide bonds. The Kier molecular flexibility index (Phi) is 7.63. The summed E-state index contributed by atoms with van der Waals surface area (Å²) in [6.07, 6.45) is -4.28. The lowest BCUT2D eigenvalue weighted by atomic mass is 9.72. The number of benzene rings is 2. The van der Waals surface area contributed by atoms with Gasteiger partial charge in [0.05, 0.1) is 23.8 Å². The van der Waals surface area contributed by atoms with Gasteiger partial charge in [-0.15, -0.1) is 0 Å². The van der Waals surface area contributed by atoms with E-state index in [0.717, 1.165) is 30.5 Å². The molecule has 3 rings (SSSR count). The van der Waals surface area contributed by atoms with Crippen molar-refractivity contribution in [3.8, 4) is 0 Å². The monoisotopic (exact) mass is 444 g/mol. The molecule has 0 unspecified atom stereocenters. The molecular formula is C24H26F6O. The van der Waals surface area contributed by atoms with Crippen molar-refractivity contribution in [2.45, 2.75) is 57.5 Å². The molecule has 2 aromatic rings. The summed E-state index contributed by atoms with van der Waals surface area (Å²) in [7, 11) is 0. The SMILES string of the molecule is C.C[C@@H](OC[C@]1(c2ccccc2)CC=CCC1)c1cc(C(F)(F)F)cc(C(F)(F)F)c1. The van der Waals surface area contributed by atoms with E-state index < -0.39 is 29.6 Å². The van der Waals surface area contributed by atoms with E-state index in [-0.39, 0.29) is 31.1 Å². The Morgan fingerprint density at radius 2 is 1.48 bits per heavy atom. The summed E-state index contributed by atoms with van der Waals surface area (Å²) in [6, 6.07) is 11.2. The van der Waals surface area contributed by atoms with Crippen LogP contribution in [0.2, 0.25) is 0 Å². The van der Waals surface area contributed by atoms with Crippen LogP contribution < -0.4 is 0 Å². The Hall–Kier alpha value is -2.28. The van der Waals surface area contributed by atoms with Gasteiger partial charge in [-0.25, -0.2) is 0 Å². The van der Waals surface area contributed by atoms with E-state index in [2.05, 4.69) is 6.08 Å². The topological polar surface area (TPSA) is 9.23 Å². The molecule has 0 saturated carbocycles. The van der Waals surface area contributed by atoms with Gasteiger partial charge >= 0.3 is 12.4 Å². The summed E-state index contributed by atoms with van der Waals surface area (Å²) in [5, 5.41) is 0. The van der Waals surface area contributed by atoms with Crippen LogP contribution in [0.3, 0.4) is 0 Å². The third kappa shape index (κ3) is 5.91. The van der Waals surface area contributed by atoms with Gasteiger partial charge in [0.15, 0.2) is 0 Å². The molecule has 1 aliphatic carbocycles. The molecule has 170 valence electrons. The zero-order chi connectivity index (χ0) is 22.0. The highest BCUT2D eigenvalue weighted by Crippen LogP contribution is 2.40. The summed E-state index contributed by atoms with van der Waals surface area (Å²) in [5.41, 5.74) is -2.13. The highest BCUT2D eigenvalue weighted by Gasteiger charge is 2.38. The fourth-order valence-corrected chi connectivity index (χ4v) is 3.75. The van der Waals surface area contributed by atoms with Gasteiger partial charge in [-0.2, -0.15) is 26.3 Å². The minimum absolute atomic E-state index is 0. The molecular weight excluding hydrogens is 418 g/mol. The minimum atomic E-state index is -4.88. The van der Waals surface area contributed by atoms with Gasteiger partial charge in [0.2, 0.25) is 0 Å². The van der Waals surface area contributed by atoms with Crippen LogP contribution in [-0.2, 0) is 22.5 Å². The minimum Gasteiger partial charge on any atom is -0.373 e. The molecule has 0 fully saturated rings. The van der Waals surface area contributed by atoms with Crippen molar-refractivity contribution in [2.75, 3.05) is 6.61 Å². The van der Waals surface area contributed by atoms with E-state index in [1.807, 2.05) is 36.4 Å². The Morgan fingerprint density at radius 1 is 0.903 bits per heavy atom. The van der Waals surface area contributed by atoms with Crippen molar-refractivity contribution in [1.29, 1.82) is 0 Å². The second-order valence-corrected chi connectivity index (χ2v) is 7.65. The first kappa shape index (κ1) is 25.0. The molecule has 0 saturated heterocycles. The molecule has 1 nitrogen and oxygen atoms in total. The summed E-state index contributed by atoms with van der Waals surface area (Å²) in [5.74, 6) is 0. The Labute approximate surface area is 178 Å². The lowest BCUT2D eigenvalue weighted by Gasteiger charge is -2.36. The lowest BCUT2D eigenvalue weighted by Crippen LogP contribution is -2.33. The number of allylic oxidation sites excluding steroid dienone is 2. The van der Waals surface area contributed by atoms with Crippen molar-refractivity contribution < 1.29 is 31.1 Å². The number of ether oxygens (including phenoxy) is 1. The van der Waals surface area contributed by atoms with Crippen molar-refractivity contribution >= 4 is 0 Å². The molecule has 0 spiro atoms. The molecule has 2 aromatic carbocycles. The molecule has 0 aliphatic heterocycles. The van der Waals surface area contributed by atoms with Crippen LogP contribution in [0.5, 0.6) is 0 Å². The quantitative estimate of drug-likeness (QED) is 0.334. The second-order valence-electron chi connectivity index (χ2n) is 7.65. The number of halogens is 6. The molecule has 2 atom stereocenters. The maximum absolute atomic E-state index is 13.1. The van der Waals surface area contributed by atoms with Crippen LogP contribution in [0.25, 0.3) is 0 Å². The van der Waals surface area contributed by atoms with E-state index >= 15 is 0 Å². The summed E-state index contributed by atoms with van der Waals surface area (Å²) >= 11 is 0. The standard InChI is InChI=1S/C23H22F6O.CH4/c1-16(17-12-19(22(24,25)26)14-20(13-17)23(27,28)29)30-15-21(10-6-3-7-11-21)18-8-4-2-5-9-18;/h2-6,8-9,12-14,16H,7,10-11,15H2,1H3;1H4/t16-,21+;/m1./s1. The number of hydrogen-bond acceptors (Lipinski definition) is 1. The number of rotatable bonds is 5. The summed E-state index contributed by atoms with van der Waals surface area (Å²) < 4.78 is 84.7. The Morgan fingerprint density at radius 3 is 1.97 bits per heavy atom. The fourth-order valence-electron chi connectivity index (χ4n) is 3.75. The van der Waals surface area contributed by atoms with Crippen LogP contribution in [0.15, 0.2) is 60.7 Å². The fraction of sp³-hybridized carbons (Fsp3) is 0.417. The summed E-state index contributed by atoms with van der Waals surface area (Å²) in [6.45, 7) is 1.67. The largest absolute Gasteiger partial charge is 0.416 e. The molecule has 1 aliphatic rings. The smallest absolute Gasteiger partial charge is 0.373 e. The van der Waals surface area contributed by atoms with Crippen LogP contribution in [0.1, 0.15) is 62.0 Å². The zero-order valence-electron chi connectivity index (χ0n) is 16.4. The van der Waals surface area contributed by atoms with Gasteiger partial charge in [0.25, 0.3) is 0 Å². The van der Waals surface area contributed by atoms with Gasteiger partial charge in [-0.05, 0) is 55.5 Å². The Balaban J connectivity index is 0.00000341. The van der Waals surface area contributed by atoms with Crippen LogP contribution in [0.4, 0.5) is 26.3 Å². The van der Waals surface area contributed by atoms with Crippen molar-refractivity contribution in [3.05, 3.63) is 82.9 Å². The molecule has 7 heteroatoms. The normalized spacial score (nSPS) is 20.2. The average molecular weight is 444 g/mol. The van der Waals surface area contributed by atoms with Crippen molar-refractivity contribution in [3.63, 3.8) is 0 Å². The van der Waals surface area contributed by atoms with Crippen LogP contribution in [0, 0.1) is 0 Å². The molecule has 0 radical (unpaired) electrons. The van der Waals surface area contributed by atoms with Crippen LogP contribution >= 0.6 is 0 Å².